The zero-order valence-corrected chi connectivity index (χ0v) is 17.2. The monoisotopic (exact) mass is 366 g/mol. The van der Waals surface area contributed by atoms with Crippen LogP contribution >= 0.6 is 0 Å². The van der Waals surface area contributed by atoms with Gasteiger partial charge in [-0.2, -0.15) is 0 Å². The van der Waals surface area contributed by atoms with Crippen LogP contribution in [0.1, 0.15) is 23.1 Å². The number of rotatable bonds is 8. The van der Waals surface area contributed by atoms with E-state index in [2.05, 4.69) is 79.3 Å². The van der Waals surface area contributed by atoms with Gasteiger partial charge in [-0.1, -0.05) is 42.0 Å². The molecular formula is C24H34N2O. The van der Waals surface area contributed by atoms with Crippen molar-refractivity contribution in [1.29, 1.82) is 0 Å². The molecule has 0 aromatic heterocycles. The van der Waals surface area contributed by atoms with Gasteiger partial charge in [0.05, 0.1) is 13.2 Å². The van der Waals surface area contributed by atoms with Crippen LogP contribution in [0, 0.1) is 12.8 Å². The molecule has 0 spiro atoms. The van der Waals surface area contributed by atoms with E-state index >= 15 is 0 Å². The van der Waals surface area contributed by atoms with Crippen molar-refractivity contribution in [2.75, 3.05) is 51.8 Å². The number of morpholine rings is 1. The van der Waals surface area contributed by atoms with Gasteiger partial charge >= 0.3 is 0 Å². The lowest BCUT2D eigenvalue weighted by atomic mass is 9.89. The summed E-state index contributed by atoms with van der Waals surface area (Å²) >= 11 is 0. The van der Waals surface area contributed by atoms with Gasteiger partial charge in [0.2, 0.25) is 0 Å². The van der Waals surface area contributed by atoms with E-state index in [1.807, 2.05) is 0 Å². The molecule has 1 aliphatic heterocycles. The molecule has 3 heteroatoms. The highest BCUT2D eigenvalue weighted by Gasteiger charge is 2.14. The molecule has 2 aromatic rings. The van der Waals surface area contributed by atoms with Gasteiger partial charge in [-0.15, -0.1) is 0 Å². The largest absolute Gasteiger partial charge is 0.378 e. The van der Waals surface area contributed by atoms with Gasteiger partial charge in [0.25, 0.3) is 0 Å². The fraction of sp³-hybridized carbons (Fsp3) is 0.500. The van der Waals surface area contributed by atoms with Crippen molar-refractivity contribution in [2.24, 2.45) is 5.92 Å². The third-order valence-electron chi connectivity index (χ3n) is 5.47. The molecule has 3 rings (SSSR count). The molecule has 1 saturated heterocycles. The zero-order chi connectivity index (χ0) is 19.1. The predicted octanol–water partition coefficient (Wildman–Crippen LogP) is 4.18. The second-order valence-electron chi connectivity index (χ2n) is 8.12. The lowest BCUT2D eigenvalue weighted by molar-refractivity contribution is 0.122. The van der Waals surface area contributed by atoms with Gasteiger partial charge in [-0.05, 0) is 76.0 Å². The summed E-state index contributed by atoms with van der Waals surface area (Å²) in [4.78, 5) is 4.72. The normalized spacial score (nSPS) is 15.9. The second-order valence-corrected chi connectivity index (χ2v) is 8.12. The summed E-state index contributed by atoms with van der Waals surface area (Å²) in [7, 11) is 4.33. The van der Waals surface area contributed by atoms with Gasteiger partial charge < -0.3 is 14.5 Å². The standard InChI is InChI=1S/C24H34N2O/c1-20-4-6-21(7-5-20)18-23(12-13-25(2)3)19-22-8-10-24(11-9-22)26-14-16-27-17-15-26/h4-11,23H,12-19H2,1-3H3. The molecular weight excluding hydrogens is 332 g/mol. The molecule has 27 heavy (non-hydrogen) atoms. The number of nitrogens with zero attached hydrogens (tertiary/aromatic N) is 2. The van der Waals surface area contributed by atoms with Gasteiger partial charge in [0.15, 0.2) is 0 Å². The molecule has 1 heterocycles. The molecule has 0 N–H and O–H groups in total. The first-order valence-electron chi connectivity index (χ1n) is 10.2. The summed E-state index contributed by atoms with van der Waals surface area (Å²) in [5.41, 5.74) is 5.56. The van der Waals surface area contributed by atoms with E-state index in [1.54, 1.807) is 0 Å². The van der Waals surface area contributed by atoms with Crippen molar-refractivity contribution in [2.45, 2.75) is 26.2 Å². The van der Waals surface area contributed by atoms with E-state index in [9.17, 15) is 0 Å². The summed E-state index contributed by atoms with van der Waals surface area (Å²) in [5, 5.41) is 0. The maximum Gasteiger partial charge on any atom is 0.0642 e. The Labute approximate surface area is 164 Å². The molecule has 2 aromatic carbocycles. The van der Waals surface area contributed by atoms with E-state index in [0.717, 1.165) is 45.7 Å². The van der Waals surface area contributed by atoms with Crippen LogP contribution in [-0.2, 0) is 17.6 Å². The fourth-order valence-corrected chi connectivity index (χ4v) is 3.77. The minimum atomic E-state index is 0.671. The van der Waals surface area contributed by atoms with Crippen molar-refractivity contribution in [1.82, 2.24) is 4.90 Å². The number of benzene rings is 2. The Balaban J connectivity index is 1.64. The number of aryl methyl sites for hydroxylation is 1. The first kappa shape index (κ1) is 19.9. The van der Waals surface area contributed by atoms with Crippen molar-refractivity contribution in [3.8, 4) is 0 Å². The Hall–Kier alpha value is -1.84. The molecule has 1 unspecified atom stereocenters. The Morgan fingerprint density at radius 3 is 2.00 bits per heavy atom. The summed E-state index contributed by atoms with van der Waals surface area (Å²) in [5.74, 6) is 0.671. The second kappa shape index (κ2) is 9.91. The van der Waals surface area contributed by atoms with E-state index in [4.69, 9.17) is 4.74 Å². The fourth-order valence-electron chi connectivity index (χ4n) is 3.77. The summed E-state index contributed by atoms with van der Waals surface area (Å²) in [6.07, 6.45) is 3.52. The Bertz CT molecular complexity index is 673. The molecule has 0 saturated carbocycles. The van der Waals surface area contributed by atoms with Crippen LogP contribution in [-0.4, -0.2) is 51.8 Å². The summed E-state index contributed by atoms with van der Waals surface area (Å²) in [6.45, 7) is 6.97. The number of hydrogen-bond acceptors (Lipinski definition) is 3. The molecule has 0 amide bonds. The van der Waals surface area contributed by atoms with Crippen LogP contribution in [0.3, 0.4) is 0 Å². The molecule has 1 fully saturated rings. The van der Waals surface area contributed by atoms with E-state index in [0.29, 0.717) is 5.92 Å². The van der Waals surface area contributed by atoms with Crippen LogP contribution in [0.4, 0.5) is 5.69 Å². The molecule has 1 aliphatic rings. The van der Waals surface area contributed by atoms with Crippen LogP contribution < -0.4 is 4.90 Å². The van der Waals surface area contributed by atoms with Gasteiger partial charge in [0.1, 0.15) is 0 Å². The molecule has 146 valence electrons. The summed E-state index contributed by atoms with van der Waals surface area (Å²) in [6, 6.07) is 18.3. The minimum Gasteiger partial charge on any atom is -0.378 e. The van der Waals surface area contributed by atoms with Gasteiger partial charge in [-0.25, -0.2) is 0 Å². The van der Waals surface area contributed by atoms with E-state index in [-0.39, 0.29) is 0 Å². The Kier molecular flexibility index (Phi) is 7.31. The number of ether oxygens (including phenoxy) is 1. The molecule has 0 radical (unpaired) electrons. The average molecular weight is 367 g/mol. The molecule has 3 nitrogen and oxygen atoms in total. The molecule has 0 aliphatic carbocycles. The lowest BCUT2D eigenvalue weighted by Crippen LogP contribution is -2.36. The van der Waals surface area contributed by atoms with Crippen molar-refractivity contribution in [3.63, 3.8) is 0 Å². The Morgan fingerprint density at radius 2 is 1.44 bits per heavy atom. The molecule has 0 bridgehead atoms. The number of hydrogen-bond donors (Lipinski definition) is 0. The maximum atomic E-state index is 5.46. The third-order valence-corrected chi connectivity index (χ3v) is 5.47. The highest BCUT2D eigenvalue weighted by Crippen LogP contribution is 2.22. The maximum absolute atomic E-state index is 5.46. The lowest BCUT2D eigenvalue weighted by Gasteiger charge is -2.29. The number of anilines is 1. The van der Waals surface area contributed by atoms with Crippen LogP contribution in [0.2, 0.25) is 0 Å². The van der Waals surface area contributed by atoms with Crippen LogP contribution in [0.15, 0.2) is 48.5 Å². The van der Waals surface area contributed by atoms with Gasteiger partial charge in [-0.3, -0.25) is 0 Å². The quantitative estimate of drug-likeness (QED) is 0.697. The summed E-state index contributed by atoms with van der Waals surface area (Å²) < 4.78 is 5.46. The third kappa shape index (κ3) is 6.37. The Morgan fingerprint density at radius 1 is 0.889 bits per heavy atom. The molecule has 1 atom stereocenters. The van der Waals surface area contributed by atoms with Gasteiger partial charge in [0, 0.05) is 18.8 Å². The highest BCUT2D eigenvalue weighted by atomic mass is 16.5. The zero-order valence-electron chi connectivity index (χ0n) is 17.2. The first-order valence-corrected chi connectivity index (χ1v) is 10.2. The average Bonchev–Trinajstić information content (AvgIpc) is 2.69. The van der Waals surface area contributed by atoms with Crippen molar-refractivity contribution < 1.29 is 4.74 Å². The predicted molar refractivity (Wildman–Crippen MR) is 115 cm³/mol. The van der Waals surface area contributed by atoms with E-state index in [1.165, 1.54) is 28.8 Å². The van der Waals surface area contributed by atoms with Crippen LogP contribution in [0.25, 0.3) is 0 Å². The minimum absolute atomic E-state index is 0.671. The smallest absolute Gasteiger partial charge is 0.0642 e. The SMILES string of the molecule is Cc1ccc(CC(CCN(C)C)Cc2ccc(N3CCOCC3)cc2)cc1. The topological polar surface area (TPSA) is 15.7 Å². The first-order chi connectivity index (χ1) is 13.1. The van der Waals surface area contributed by atoms with Crippen molar-refractivity contribution >= 4 is 5.69 Å². The van der Waals surface area contributed by atoms with Crippen molar-refractivity contribution in [3.05, 3.63) is 65.2 Å². The highest BCUT2D eigenvalue weighted by molar-refractivity contribution is 5.48. The van der Waals surface area contributed by atoms with Crippen LogP contribution in [0.5, 0.6) is 0 Å². The van der Waals surface area contributed by atoms with E-state index < -0.39 is 0 Å².